The number of carbonyl (C=O) groups is 1. The van der Waals surface area contributed by atoms with Crippen LogP contribution in [0.3, 0.4) is 0 Å². The Bertz CT molecular complexity index is 190. The summed E-state index contributed by atoms with van der Waals surface area (Å²) < 4.78 is 0. The first-order chi connectivity index (χ1) is 5.52. The molecule has 0 bridgehead atoms. The summed E-state index contributed by atoms with van der Waals surface area (Å²) in [5, 5.41) is 0. The zero-order chi connectivity index (χ0) is 9.56. The number of nitrogens with zero attached hydrogens (tertiary/aromatic N) is 2. The van der Waals surface area contributed by atoms with Crippen molar-refractivity contribution in [2.75, 3.05) is 13.1 Å². The number of carbonyl (C=O) groups excluding carboxylic acids is 1. The van der Waals surface area contributed by atoms with E-state index >= 15 is 0 Å². The number of aliphatic imine (C=N–C) groups is 2. The maximum absolute atomic E-state index is 10.8. The average molecular weight is 172 g/mol. The van der Waals surface area contributed by atoms with Crippen molar-refractivity contribution in [2.45, 2.75) is 0 Å². The van der Waals surface area contributed by atoms with Crippen LogP contribution in [0.25, 0.3) is 0 Å². The normalized spacial score (nSPS) is 8.67. The van der Waals surface area contributed by atoms with Crippen molar-refractivity contribution in [1.29, 1.82) is 0 Å². The maximum atomic E-state index is 10.8. The lowest BCUT2D eigenvalue weighted by Gasteiger charge is -1.93. The van der Waals surface area contributed by atoms with E-state index in [9.17, 15) is 4.79 Å². The summed E-state index contributed by atoms with van der Waals surface area (Å²) in [6.07, 6.45) is 0. The zero-order valence-electron chi connectivity index (χ0n) is 6.53. The van der Waals surface area contributed by atoms with Gasteiger partial charge in [-0.2, -0.15) is 0 Å². The Labute approximate surface area is 69.5 Å². The quantitative estimate of drug-likeness (QED) is 0.265. The molecule has 0 aromatic heterocycles. The van der Waals surface area contributed by atoms with Gasteiger partial charge >= 0.3 is 0 Å². The van der Waals surface area contributed by atoms with E-state index in [4.69, 9.17) is 22.9 Å². The Morgan fingerprint density at radius 2 is 1.25 bits per heavy atom. The van der Waals surface area contributed by atoms with Crippen molar-refractivity contribution >= 4 is 17.7 Å². The first-order valence-electron chi connectivity index (χ1n) is 3.15. The van der Waals surface area contributed by atoms with Crippen molar-refractivity contribution in [3.63, 3.8) is 0 Å². The van der Waals surface area contributed by atoms with Gasteiger partial charge in [0.15, 0.2) is 17.7 Å². The van der Waals surface area contributed by atoms with Crippen LogP contribution in [0.5, 0.6) is 0 Å². The molecule has 0 saturated carbocycles. The van der Waals surface area contributed by atoms with E-state index in [1.807, 2.05) is 0 Å². The number of Topliss-reactive ketones (excluding diaryl/α,β-unsaturated/α-hetero) is 1. The summed E-state index contributed by atoms with van der Waals surface area (Å²) in [5.74, 6) is -0.516. The Kier molecular flexibility index (Phi) is 4.20. The minimum atomic E-state index is -0.253. The molecule has 68 valence electrons. The molecule has 12 heavy (non-hydrogen) atoms. The van der Waals surface area contributed by atoms with E-state index in [2.05, 4.69) is 9.98 Å². The van der Waals surface area contributed by atoms with Gasteiger partial charge in [-0.3, -0.25) is 4.79 Å². The highest BCUT2D eigenvalue weighted by molar-refractivity contribution is 5.88. The predicted molar refractivity (Wildman–Crippen MR) is 46.4 cm³/mol. The molecule has 7 nitrogen and oxygen atoms in total. The van der Waals surface area contributed by atoms with Gasteiger partial charge in [-0.15, -0.1) is 0 Å². The summed E-state index contributed by atoms with van der Waals surface area (Å²) in [4.78, 5) is 17.8. The van der Waals surface area contributed by atoms with E-state index in [-0.39, 0.29) is 30.8 Å². The van der Waals surface area contributed by atoms with Gasteiger partial charge in [-0.1, -0.05) is 0 Å². The number of hydrogen-bond donors (Lipinski definition) is 4. The van der Waals surface area contributed by atoms with Crippen molar-refractivity contribution < 1.29 is 4.79 Å². The minimum Gasteiger partial charge on any atom is -0.370 e. The van der Waals surface area contributed by atoms with Crippen LogP contribution >= 0.6 is 0 Å². The fraction of sp³-hybridized carbons (Fsp3) is 0.400. The van der Waals surface area contributed by atoms with Gasteiger partial charge in [-0.05, 0) is 0 Å². The molecule has 0 aromatic carbocycles. The number of hydrogen-bond acceptors (Lipinski definition) is 3. The lowest BCUT2D eigenvalue weighted by molar-refractivity contribution is -0.116. The summed E-state index contributed by atoms with van der Waals surface area (Å²) >= 11 is 0. The van der Waals surface area contributed by atoms with E-state index in [1.165, 1.54) is 0 Å². The second kappa shape index (κ2) is 4.94. The van der Waals surface area contributed by atoms with E-state index < -0.39 is 0 Å². The molecule has 0 saturated heterocycles. The lowest BCUT2D eigenvalue weighted by atomic mass is 10.4. The van der Waals surface area contributed by atoms with Crippen LogP contribution in [0.1, 0.15) is 0 Å². The Balaban J connectivity index is 3.76. The van der Waals surface area contributed by atoms with Crippen molar-refractivity contribution in [3.05, 3.63) is 0 Å². The first-order valence-corrected chi connectivity index (χ1v) is 3.15. The second-order valence-corrected chi connectivity index (χ2v) is 2.02. The molecular formula is C5H12N6O. The highest BCUT2D eigenvalue weighted by Crippen LogP contribution is 1.76. The monoisotopic (exact) mass is 172 g/mol. The van der Waals surface area contributed by atoms with Crippen LogP contribution in [0.2, 0.25) is 0 Å². The topological polar surface area (TPSA) is 146 Å². The molecule has 0 spiro atoms. The second-order valence-electron chi connectivity index (χ2n) is 2.02. The van der Waals surface area contributed by atoms with Gasteiger partial charge in [0.1, 0.15) is 13.1 Å². The molecule has 0 unspecified atom stereocenters. The molecule has 8 N–H and O–H groups in total. The standard InChI is InChI=1S/C5H12N6O/c6-4(7)10-1-3(12)2-11-5(8)9/h1-2H2,(H4,6,7,10)(H4,8,9,11). The third-order valence-corrected chi connectivity index (χ3v) is 0.876. The molecule has 0 atom stereocenters. The largest absolute Gasteiger partial charge is 0.370 e. The maximum Gasteiger partial charge on any atom is 0.186 e. The van der Waals surface area contributed by atoms with Crippen LogP contribution in [-0.2, 0) is 4.79 Å². The number of guanidine groups is 2. The van der Waals surface area contributed by atoms with E-state index in [1.54, 1.807) is 0 Å². The van der Waals surface area contributed by atoms with Gasteiger partial charge < -0.3 is 22.9 Å². The van der Waals surface area contributed by atoms with Crippen LogP contribution in [0, 0.1) is 0 Å². The predicted octanol–water partition coefficient (Wildman–Crippen LogP) is -2.90. The number of nitrogens with two attached hydrogens (primary N) is 4. The van der Waals surface area contributed by atoms with Gasteiger partial charge in [0.05, 0.1) is 0 Å². The van der Waals surface area contributed by atoms with Crippen LogP contribution in [-0.4, -0.2) is 30.8 Å². The fourth-order valence-electron chi connectivity index (χ4n) is 0.409. The summed E-state index contributed by atoms with van der Waals surface area (Å²) in [5.41, 5.74) is 19.9. The molecule has 7 heteroatoms. The third-order valence-electron chi connectivity index (χ3n) is 0.876. The molecule has 0 aromatic rings. The molecule has 0 amide bonds. The smallest absolute Gasteiger partial charge is 0.186 e. The highest BCUT2D eigenvalue weighted by atomic mass is 16.1. The van der Waals surface area contributed by atoms with Crippen molar-refractivity contribution in [3.8, 4) is 0 Å². The SMILES string of the molecule is NC(N)=NCC(=O)CN=C(N)N. The van der Waals surface area contributed by atoms with Gasteiger partial charge in [0, 0.05) is 0 Å². The highest BCUT2D eigenvalue weighted by Gasteiger charge is 1.98. The molecule has 0 rings (SSSR count). The molecule has 0 radical (unpaired) electrons. The van der Waals surface area contributed by atoms with Crippen molar-refractivity contribution in [1.82, 2.24) is 0 Å². The van der Waals surface area contributed by atoms with E-state index in [0.29, 0.717) is 0 Å². The number of rotatable bonds is 4. The zero-order valence-corrected chi connectivity index (χ0v) is 6.53. The fourth-order valence-corrected chi connectivity index (χ4v) is 0.409. The summed E-state index contributed by atoms with van der Waals surface area (Å²) in [7, 11) is 0. The van der Waals surface area contributed by atoms with Gasteiger partial charge in [0.2, 0.25) is 0 Å². The number of ketones is 1. The van der Waals surface area contributed by atoms with Crippen molar-refractivity contribution in [2.24, 2.45) is 32.9 Å². The van der Waals surface area contributed by atoms with Gasteiger partial charge in [0.25, 0.3) is 0 Å². The van der Waals surface area contributed by atoms with E-state index in [0.717, 1.165) is 0 Å². The molecular weight excluding hydrogens is 160 g/mol. The minimum absolute atomic E-state index is 0.0981. The molecule has 0 fully saturated rings. The third kappa shape index (κ3) is 6.33. The van der Waals surface area contributed by atoms with Crippen LogP contribution in [0.4, 0.5) is 0 Å². The van der Waals surface area contributed by atoms with Gasteiger partial charge in [-0.25, -0.2) is 9.98 Å². The Morgan fingerprint density at radius 1 is 0.917 bits per heavy atom. The lowest BCUT2D eigenvalue weighted by Crippen LogP contribution is -2.26. The van der Waals surface area contributed by atoms with Crippen LogP contribution < -0.4 is 22.9 Å². The first kappa shape index (κ1) is 10.2. The average Bonchev–Trinajstić information content (AvgIpc) is 1.96. The molecule has 0 aliphatic carbocycles. The molecule has 0 heterocycles. The Hall–Kier alpha value is -1.79. The molecule has 0 aliphatic heterocycles. The Morgan fingerprint density at radius 3 is 1.50 bits per heavy atom. The summed E-state index contributed by atoms with van der Waals surface area (Å²) in [6.45, 7) is -0.196. The van der Waals surface area contributed by atoms with Crippen LogP contribution in [0.15, 0.2) is 9.98 Å². The molecule has 0 aliphatic rings. The summed E-state index contributed by atoms with van der Waals surface area (Å²) in [6, 6.07) is 0.